The van der Waals surface area contributed by atoms with E-state index >= 15 is 0 Å². The lowest BCUT2D eigenvalue weighted by Gasteiger charge is -2.28. The second kappa shape index (κ2) is 9.03. The average Bonchev–Trinajstić information content (AvgIpc) is 2.55. The van der Waals surface area contributed by atoms with Gasteiger partial charge in [-0.1, -0.05) is 34.1 Å². The molecule has 0 heterocycles. The molecule has 2 amide bonds. The van der Waals surface area contributed by atoms with Crippen LogP contribution < -0.4 is 10.6 Å². The number of urea groups is 1. The van der Waals surface area contributed by atoms with E-state index in [0.29, 0.717) is 32.1 Å². The van der Waals surface area contributed by atoms with E-state index in [0.717, 1.165) is 10.0 Å². The smallest absolute Gasteiger partial charge is 0.315 e. The first kappa shape index (κ1) is 18.7. The van der Waals surface area contributed by atoms with Gasteiger partial charge >= 0.3 is 12.0 Å². The highest BCUT2D eigenvalue weighted by Crippen LogP contribution is 2.26. The molecule has 0 radical (unpaired) electrons. The molecule has 1 aliphatic carbocycles. The molecule has 1 aromatic rings. The Morgan fingerprint density at radius 3 is 2.46 bits per heavy atom. The molecule has 24 heavy (non-hydrogen) atoms. The Morgan fingerprint density at radius 2 is 1.88 bits per heavy atom. The van der Waals surface area contributed by atoms with Crippen molar-refractivity contribution >= 4 is 27.9 Å². The molecule has 1 aliphatic rings. The third kappa shape index (κ3) is 5.21. The fourth-order valence-corrected chi connectivity index (χ4v) is 3.62. The minimum absolute atomic E-state index is 0.00501. The molecule has 0 spiro atoms. The second-order valence-corrected chi connectivity index (χ2v) is 6.95. The van der Waals surface area contributed by atoms with Gasteiger partial charge in [0.25, 0.3) is 0 Å². The second-order valence-electron chi connectivity index (χ2n) is 6.09. The number of nitrogens with one attached hydrogen (secondary N) is 2. The normalized spacial score (nSPS) is 21.8. The zero-order chi connectivity index (χ0) is 17.5. The molecule has 132 valence electrons. The van der Waals surface area contributed by atoms with Crippen LogP contribution >= 0.6 is 15.9 Å². The number of carbonyl (C=O) groups is 2. The highest BCUT2D eigenvalue weighted by molar-refractivity contribution is 9.10. The number of hydrogen-bond acceptors (Lipinski definition) is 3. The number of carboxylic acid groups (broad SMARTS) is 1. The number of rotatable bonds is 6. The van der Waals surface area contributed by atoms with Gasteiger partial charge in [0.05, 0.1) is 12.0 Å². The number of aliphatic carboxylic acids is 1. The first-order valence-electron chi connectivity index (χ1n) is 8.16. The first-order chi connectivity index (χ1) is 11.5. The van der Waals surface area contributed by atoms with Gasteiger partial charge in [-0.2, -0.15) is 0 Å². The van der Waals surface area contributed by atoms with Gasteiger partial charge in [-0.05, 0) is 43.7 Å². The van der Waals surface area contributed by atoms with Gasteiger partial charge in [-0.25, -0.2) is 4.79 Å². The maximum atomic E-state index is 12.3. The van der Waals surface area contributed by atoms with Gasteiger partial charge in [0.2, 0.25) is 0 Å². The van der Waals surface area contributed by atoms with E-state index in [1.807, 2.05) is 24.3 Å². The Morgan fingerprint density at radius 1 is 1.21 bits per heavy atom. The summed E-state index contributed by atoms with van der Waals surface area (Å²) in [7, 11) is 0. The largest absolute Gasteiger partial charge is 0.481 e. The van der Waals surface area contributed by atoms with Crippen molar-refractivity contribution in [1.82, 2.24) is 10.6 Å². The molecule has 1 unspecified atom stereocenters. The van der Waals surface area contributed by atoms with E-state index in [1.54, 1.807) is 0 Å². The molecule has 4 N–H and O–H groups in total. The maximum absolute atomic E-state index is 12.3. The molecule has 0 aromatic heterocycles. The third-order valence-electron chi connectivity index (χ3n) is 4.42. The van der Waals surface area contributed by atoms with Gasteiger partial charge in [0.1, 0.15) is 0 Å². The van der Waals surface area contributed by atoms with Crippen LogP contribution in [0.1, 0.15) is 43.7 Å². The molecule has 7 heteroatoms. The van der Waals surface area contributed by atoms with Crippen molar-refractivity contribution in [2.45, 2.75) is 44.2 Å². The van der Waals surface area contributed by atoms with Crippen molar-refractivity contribution in [2.24, 2.45) is 5.92 Å². The Bertz CT molecular complexity index is 573. The first-order valence-corrected chi connectivity index (χ1v) is 8.95. The van der Waals surface area contributed by atoms with Crippen LogP contribution in [0, 0.1) is 5.92 Å². The molecule has 6 nitrogen and oxygen atoms in total. The summed E-state index contributed by atoms with van der Waals surface area (Å²) in [6.07, 6.45) is 2.94. The van der Waals surface area contributed by atoms with Gasteiger partial charge < -0.3 is 20.8 Å². The summed E-state index contributed by atoms with van der Waals surface area (Å²) in [4.78, 5) is 23.2. The van der Waals surface area contributed by atoms with Crippen molar-refractivity contribution in [3.05, 3.63) is 34.3 Å². The quantitative estimate of drug-likeness (QED) is 0.591. The van der Waals surface area contributed by atoms with Crippen molar-refractivity contribution < 1.29 is 19.8 Å². The van der Waals surface area contributed by atoms with Gasteiger partial charge in [0, 0.05) is 17.1 Å². The summed E-state index contributed by atoms with van der Waals surface area (Å²) in [5.74, 6) is -1.05. The fourth-order valence-electron chi connectivity index (χ4n) is 3.06. The lowest BCUT2D eigenvalue weighted by atomic mass is 9.86. The van der Waals surface area contributed by atoms with Crippen molar-refractivity contribution in [3.63, 3.8) is 0 Å². The lowest BCUT2D eigenvalue weighted by Crippen LogP contribution is -2.45. The number of benzene rings is 1. The van der Waals surface area contributed by atoms with Crippen LogP contribution in [0.15, 0.2) is 28.7 Å². The topological polar surface area (TPSA) is 98.7 Å². The number of aliphatic hydroxyl groups excluding tert-OH is 1. The Kier molecular flexibility index (Phi) is 7.05. The monoisotopic (exact) mass is 398 g/mol. The SMILES string of the molecule is O=C(NC1CCC(C(=O)O)CC1)NC(CCO)c1ccccc1Br. The number of aliphatic hydroxyl groups is 1. The fraction of sp³-hybridized carbons (Fsp3) is 0.529. The molecule has 1 saturated carbocycles. The molecule has 0 aliphatic heterocycles. The van der Waals surface area contributed by atoms with Crippen LogP contribution in [0.3, 0.4) is 0 Å². The van der Waals surface area contributed by atoms with E-state index in [1.165, 1.54) is 0 Å². The zero-order valence-electron chi connectivity index (χ0n) is 13.4. The molecular weight excluding hydrogens is 376 g/mol. The molecule has 1 fully saturated rings. The minimum atomic E-state index is -0.755. The van der Waals surface area contributed by atoms with Gasteiger partial charge in [-0.3, -0.25) is 4.79 Å². The number of hydrogen-bond donors (Lipinski definition) is 4. The van der Waals surface area contributed by atoms with Crippen LogP contribution in [-0.4, -0.2) is 34.9 Å². The van der Waals surface area contributed by atoms with Crippen LogP contribution in [0.5, 0.6) is 0 Å². The molecule has 2 rings (SSSR count). The Balaban J connectivity index is 1.90. The molecule has 1 aromatic carbocycles. The summed E-state index contributed by atoms with van der Waals surface area (Å²) in [6.45, 7) is -0.0317. The summed E-state index contributed by atoms with van der Waals surface area (Å²) >= 11 is 3.47. The summed E-state index contributed by atoms with van der Waals surface area (Å²) in [6, 6.07) is 7.00. The molecular formula is C17H23BrN2O4. The van der Waals surface area contributed by atoms with E-state index in [9.17, 15) is 14.7 Å². The summed E-state index contributed by atoms with van der Waals surface area (Å²) in [5.41, 5.74) is 0.913. The third-order valence-corrected chi connectivity index (χ3v) is 5.14. The Hall–Kier alpha value is -1.60. The summed E-state index contributed by atoms with van der Waals surface area (Å²) < 4.78 is 0.880. The highest BCUT2D eigenvalue weighted by Gasteiger charge is 2.27. The standard InChI is InChI=1S/C17H23BrN2O4/c18-14-4-2-1-3-13(14)15(9-10-21)20-17(24)19-12-7-5-11(6-8-12)16(22)23/h1-4,11-12,15,21H,5-10H2,(H,22,23)(H2,19,20,24). The van der Waals surface area contributed by atoms with Gasteiger partial charge in [0.15, 0.2) is 0 Å². The van der Waals surface area contributed by atoms with Crippen molar-refractivity contribution in [2.75, 3.05) is 6.61 Å². The minimum Gasteiger partial charge on any atom is -0.481 e. The average molecular weight is 399 g/mol. The van der Waals surface area contributed by atoms with Crippen molar-refractivity contribution in [1.29, 1.82) is 0 Å². The van der Waals surface area contributed by atoms with Gasteiger partial charge in [-0.15, -0.1) is 0 Å². The van der Waals surface area contributed by atoms with E-state index in [-0.39, 0.29) is 30.6 Å². The van der Waals surface area contributed by atoms with Crippen molar-refractivity contribution in [3.8, 4) is 0 Å². The van der Waals surface area contributed by atoms with Crippen LogP contribution in [-0.2, 0) is 4.79 Å². The number of carbonyl (C=O) groups excluding carboxylic acids is 1. The lowest BCUT2D eigenvalue weighted by molar-refractivity contribution is -0.142. The molecule has 0 saturated heterocycles. The van der Waals surface area contributed by atoms with E-state index < -0.39 is 5.97 Å². The highest BCUT2D eigenvalue weighted by atomic mass is 79.9. The number of amides is 2. The molecule has 1 atom stereocenters. The van der Waals surface area contributed by atoms with Crippen LogP contribution in [0.2, 0.25) is 0 Å². The number of halogens is 1. The van der Waals surface area contributed by atoms with E-state index in [4.69, 9.17) is 5.11 Å². The number of carboxylic acids is 1. The predicted molar refractivity (Wildman–Crippen MR) is 93.6 cm³/mol. The Labute approximate surface area is 149 Å². The van der Waals surface area contributed by atoms with Crippen LogP contribution in [0.25, 0.3) is 0 Å². The molecule has 0 bridgehead atoms. The van der Waals surface area contributed by atoms with E-state index in [2.05, 4.69) is 26.6 Å². The summed E-state index contributed by atoms with van der Waals surface area (Å²) in [5, 5.41) is 24.1. The zero-order valence-corrected chi connectivity index (χ0v) is 15.0. The van der Waals surface area contributed by atoms with Crippen LogP contribution in [0.4, 0.5) is 4.79 Å². The predicted octanol–water partition coefficient (Wildman–Crippen LogP) is 2.82. The maximum Gasteiger partial charge on any atom is 0.315 e.